The molecule has 0 aromatic heterocycles. The Balaban J connectivity index is 5.65. The van der Waals surface area contributed by atoms with Crippen LogP contribution in [0.5, 0.6) is 0 Å². The highest BCUT2D eigenvalue weighted by molar-refractivity contribution is 7.57. The quantitative estimate of drug-likeness (QED) is 0.537. The second-order valence-corrected chi connectivity index (χ2v) is 7.42. The van der Waals surface area contributed by atoms with Gasteiger partial charge in [0, 0.05) is 5.82 Å². The molecule has 4 nitrogen and oxygen atoms in total. The Labute approximate surface area is 130 Å². The summed E-state index contributed by atoms with van der Waals surface area (Å²) >= 11 is 0. The largest absolute Gasteiger partial charge is 0.385 e. The van der Waals surface area contributed by atoms with Crippen LogP contribution in [-0.2, 0) is 13.6 Å². The molecule has 0 fully saturated rings. The first kappa shape index (κ1) is 20.9. The molecule has 0 aromatic rings. The van der Waals surface area contributed by atoms with Gasteiger partial charge in [0.2, 0.25) is 0 Å². The molecular formula is C16H33O4P. The van der Waals surface area contributed by atoms with Gasteiger partial charge >= 0.3 is 7.60 Å². The zero-order valence-electron chi connectivity index (χ0n) is 14.5. The Morgan fingerprint density at radius 3 is 2.05 bits per heavy atom. The van der Waals surface area contributed by atoms with Crippen molar-refractivity contribution in [2.45, 2.75) is 72.8 Å². The van der Waals surface area contributed by atoms with Gasteiger partial charge in [-0.15, -0.1) is 0 Å². The van der Waals surface area contributed by atoms with Crippen LogP contribution in [0.3, 0.4) is 0 Å². The van der Waals surface area contributed by atoms with Crippen molar-refractivity contribution in [2.24, 2.45) is 5.92 Å². The Kier molecular flexibility index (Phi) is 9.71. The van der Waals surface area contributed by atoms with Gasteiger partial charge < -0.3 is 14.2 Å². The smallest absolute Gasteiger partial charge is 0.354 e. The third-order valence-electron chi connectivity index (χ3n) is 3.78. The summed E-state index contributed by atoms with van der Waals surface area (Å²) in [6.07, 6.45) is 3.25. The van der Waals surface area contributed by atoms with Crippen LogP contribution in [0.1, 0.15) is 67.2 Å². The summed E-state index contributed by atoms with van der Waals surface area (Å²) < 4.78 is 23.4. The lowest BCUT2D eigenvalue weighted by atomic mass is 9.79. The molecule has 0 aliphatic carbocycles. The molecule has 0 saturated heterocycles. The Morgan fingerprint density at radius 2 is 1.71 bits per heavy atom. The molecule has 0 saturated carbocycles. The summed E-state index contributed by atoms with van der Waals surface area (Å²) in [5, 5.41) is 11.0. The molecule has 21 heavy (non-hydrogen) atoms. The summed E-state index contributed by atoms with van der Waals surface area (Å²) in [6, 6.07) is 0. The fourth-order valence-corrected chi connectivity index (χ4v) is 4.11. The van der Waals surface area contributed by atoms with E-state index < -0.39 is 13.2 Å². The maximum atomic E-state index is 12.7. The van der Waals surface area contributed by atoms with Crippen LogP contribution >= 0.6 is 7.60 Å². The van der Waals surface area contributed by atoms with Crippen molar-refractivity contribution in [1.82, 2.24) is 0 Å². The van der Waals surface area contributed by atoms with E-state index in [1.54, 1.807) is 19.7 Å². The Bertz CT molecular complexity index is 355. The second kappa shape index (κ2) is 9.78. The number of aliphatic hydroxyl groups is 1. The van der Waals surface area contributed by atoms with Crippen LogP contribution in [0.25, 0.3) is 0 Å². The number of unbranched alkanes of at least 4 members (excludes halogenated alkanes) is 1. The van der Waals surface area contributed by atoms with E-state index in [9.17, 15) is 9.67 Å². The van der Waals surface area contributed by atoms with Gasteiger partial charge in [0.25, 0.3) is 0 Å². The van der Waals surface area contributed by atoms with Gasteiger partial charge in [0.1, 0.15) is 0 Å². The molecule has 1 atom stereocenters. The minimum atomic E-state index is -3.29. The highest BCUT2D eigenvalue weighted by atomic mass is 31.2. The predicted octanol–water partition coefficient (Wildman–Crippen LogP) is 5.12. The molecule has 0 aliphatic rings. The van der Waals surface area contributed by atoms with Gasteiger partial charge in [-0.05, 0) is 44.6 Å². The first-order valence-corrected chi connectivity index (χ1v) is 9.74. The van der Waals surface area contributed by atoms with Crippen molar-refractivity contribution in [1.29, 1.82) is 0 Å². The Morgan fingerprint density at radius 1 is 1.19 bits per heavy atom. The zero-order valence-corrected chi connectivity index (χ0v) is 15.4. The van der Waals surface area contributed by atoms with Crippen LogP contribution in [0.2, 0.25) is 0 Å². The average Bonchev–Trinajstić information content (AvgIpc) is 2.42. The van der Waals surface area contributed by atoms with Crippen LogP contribution in [-0.4, -0.2) is 23.9 Å². The van der Waals surface area contributed by atoms with Crippen molar-refractivity contribution in [3.8, 4) is 0 Å². The number of hydrogen-bond acceptors (Lipinski definition) is 4. The van der Waals surface area contributed by atoms with Gasteiger partial charge in [0.15, 0.2) is 0 Å². The molecule has 5 heteroatoms. The molecule has 126 valence electrons. The fourth-order valence-electron chi connectivity index (χ4n) is 2.43. The summed E-state index contributed by atoms with van der Waals surface area (Å²) in [6.45, 7) is 12.2. The van der Waals surface area contributed by atoms with E-state index in [4.69, 9.17) is 9.05 Å². The van der Waals surface area contributed by atoms with E-state index in [0.29, 0.717) is 26.1 Å². The van der Waals surface area contributed by atoms with Gasteiger partial charge in [-0.1, -0.05) is 34.1 Å². The van der Waals surface area contributed by atoms with Crippen molar-refractivity contribution >= 4 is 7.60 Å². The van der Waals surface area contributed by atoms with Crippen molar-refractivity contribution in [3.63, 3.8) is 0 Å². The van der Waals surface area contributed by atoms with Gasteiger partial charge in [0.05, 0.1) is 18.8 Å². The molecule has 0 aliphatic heterocycles. The minimum absolute atomic E-state index is 0.0438. The second-order valence-electron chi connectivity index (χ2n) is 5.57. The molecular weight excluding hydrogens is 287 g/mol. The minimum Gasteiger partial charge on any atom is -0.385 e. The third-order valence-corrected chi connectivity index (χ3v) is 5.65. The molecule has 0 heterocycles. The molecule has 0 radical (unpaired) electrons. The molecule has 0 bridgehead atoms. The summed E-state index contributed by atoms with van der Waals surface area (Å²) in [5.41, 5.74) is -0.175. The van der Waals surface area contributed by atoms with E-state index >= 15 is 0 Å². The monoisotopic (exact) mass is 320 g/mol. The van der Waals surface area contributed by atoms with Crippen LogP contribution < -0.4 is 0 Å². The highest BCUT2D eigenvalue weighted by Gasteiger charge is 2.35. The maximum Gasteiger partial charge on any atom is 0.354 e. The summed E-state index contributed by atoms with van der Waals surface area (Å²) in [5.74, 6) is 1.61. The normalized spacial score (nSPS) is 16.3. The lowest BCUT2D eigenvalue weighted by Gasteiger charge is -2.34. The molecule has 0 amide bonds. The lowest BCUT2D eigenvalue weighted by molar-refractivity contribution is 0.0241. The lowest BCUT2D eigenvalue weighted by Crippen LogP contribution is -2.36. The fraction of sp³-hybridized carbons (Fsp3) is 0.875. The van der Waals surface area contributed by atoms with Gasteiger partial charge in [-0.3, -0.25) is 4.57 Å². The first-order chi connectivity index (χ1) is 9.79. The molecule has 0 rings (SSSR count). The maximum absolute atomic E-state index is 12.7. The molecule has 0 aromatic carbocycles. The van der Waals surface area contributed by atoms with E-state index in [2.05, 4.69) is 6.92 Å². The van der Waals surface area contributed by atoms with Gasteiger partial charge in [-0.25, -0.2) is 0 Å². The summed E-state index contributed by atoms with van der Waals surface area (Å²) in [4.78, 5) is 0. The van der Waals surface area contributed by atoms with Crippen molar-refractivity contribution in [2.75, 3.05) is 13.2 Å². The van der Waals surface area contributed by atoms with Crippen molar-refractivity contribution < 1.29 is 18.7 Å². The van der Waals surface area contributed by atoms with Crippen molar-refractivity contribution in [3.05, 3.63) is 11.4 Å². The third kappa shape index (κ3) is 6.23. The van der Waals surface area contributed by atoms with Crippen LogP contribution in [0.4, 0.5) is 0 Å². The number of rotatable bonds is 11. The topological polar surface area (TPSA) is 55.8 Å². The molecule has 1 unspecified atom stereocenters. The molecule has 0 spiro atoms. The zero-order chi connectivity index (χ0) is 16.5. The summed E-state index contributed by atoms with van der Waals surface area (Å²) in [7, 11) is -3.29. The predicted molar refractivity (Wildman–Crippen MR) is 88.5 cm³/mol. The average molecular weight is 320 g/mol. The van der Waals surface area contributed by atoms with Crippen LogP contribution in [0.15, 0.2) is 11.4 Å². The Hall–Kier alpha value is -0.150. The number of hydrogen-bond donors (Lipinski definition) is 1. The van der Waals surface area contributed by atoms with E-state index in [0.717, 1.165) is 18.4 Å². The van der Waals surface area contributed by atoms with Crippen LogP contribution in [0, 0.1) is 5.92 Å². The first-order valence-electron chi connectivity index (χ1n) is 8.12. The standard InChI is InChI=1S/C16H33O4P/c1-7-11-12-15(16(17,8-2)14(5)6)13-21(18,19-9-3)20-10-4/h13-14,17H,7-12H2,1-6H3/b15-13+. The SMILES string of the molecule is CCCC/C(=C\P(=O)(OCC)OCC)C(O)(CC)C(C)C. The van der Waals surface area contributed by atoms with Gasteiger partial charge in [-0.2, -0.15) is 0 Å². The van der Waals surface area contributed by atoms with E-state index in [1.165, 1.54) is 0 Å². The highest BCUT2D eigenvalue weighted by Crippen LogP contribution is 2.52. The van der Waals surface area contributed by atoms with E-state index in [1.807, 2.05) is 20.8 Å². The van der Waals surface area contributed by atoms with E-state index in [-0.39, 0.29) is 5.92 Å². The molecule has 1 N–H and O–H groups in total.